The van der Waals surface area contributed by atoms with Gasteiger partial charge in [0.1, 0.15) is 0 Å². The van der Waals surface area contributed by atoms with Gasteiger partial charge < -0.3 is 0 Å². The van der Waals surface area contributed by atoms with Gasteiger partial charge in [0, 0.05) is 18.7 Å². The van der Waals surface area contributed by atoms with Crippen molar-refractivity contribution in [3.8, 4) is 0 Å². The molecule has 0 bridgehead atoms. The number of nitrogens with zero attached hydrogens (tertiary/aromatic N) is 1. The van der Waals surface area contributed by atoms with Crippen LogP contribution in [0, 0.1) is 0 Å². The van der Waals surface area contributed by atoms with Crippen LogP contribution in [0.15, 0.2) is 29.2 Å². The molecule has 0 aromatic heterocycles. The second-order valence-electron chi connectivity index (χ2n) is 4.73. The van der Waals surface area contributed by atoms with Crippen molar-refractivity contribution in [1.29, 1.82) is 0 Å². The number of hydrogen-bond acceptors (Lipinski definition) is 3. The van der Waals surface area contributed by atoms with Gasteiger partial charge in [0.2, 0.25) is 10.0 Å². The largest absolute Gasteiger partial charge is 0.454 e. The minimum atomic E-state index is -5.12. The Balaban J connectivity index is 3.40. The molecule has 0 saturated carbocycles. The second kappa shape index (κ2) is 7.23. The molecule has 1 aromatic rings. The first-order chi connectivity index (χ1) is 10.2. The van der Waals surface area contributed by atoms with Crippen LogP contribution in [0.2, 0.25) is 0 Å². The smallest absolute Gasteiger partial charge is 0.284 e. The lowest BCUT2D eigenvalue weighted by Crippen LogP contribution is -2.34. The summed E-state index contributed by atoms with van der Waals surface area (Å²) in [6.07, 6.45) is -4.07. The quantitative estimate of drug-likeness (QED) is 0.718. The Bertz CT molecular complexity index is 620. The van der Waals surface area contributed by atoms with Crippen LogP contribution in [-0.2, 0) is 10.0 Å². The highest BCUT2D eigenvalue weighted by atomic mass is 32.2. The van der Waals surface area contributed by atoms with Gasteiger partial charge in [-0.3, -0.25) is 4.79 Å². The van der Waals surface area contributed by atoms with Gasteiger partial charge in [-0.25, -0.2) is 8.42 Å². The Labute approximate surface area is 128 Å². The van der Waals surface area contributed by atoms with Crippen molar-refractivity contribution in [1.82, 2.24) is 4.31 Å². The van der Waals surface area contributed by atoms with Gasteiger partial charge in [0.05, 0.1) is 4.90 Å². The van der Waals surface area contributed by atoms with Gasteiger partial charge in [-0.2, -0.15) is 17.5 Å². The summed E-state index contributed by atoms with van der Waals surface area (Å²) >= 11 is 0. The van der Waals surface area contributed by atoms with Gasteiger partial charge in [-0.05, 0) is 25.0 Å². The molecule has 8 heteroatoms. The monoisotopic (exact) mass is 337 g/mol. The van der Waals surface area contributed by atoms with Gasteiger partial charge in [0.25, 0.3) is 5.78 Å². The number of alkyl halides is 3. The first-order valence-corrected chi connectivity index (χ1v) is 8.31. The van der Waals surface area contributed by atoms with Crippen LogP contribution in [-0.4, -0.2) is 37.8 Å². The van der Waals surface area contributed by atoms with E-state index in [4.69, 9.17) is 0 Å². The van der Waals surface area contributed by atoms with Crippen molar-refractivity contribution >= 4 is 15.8 Å². The van der Waals surface area contributed by atoms with Crippen LogP contribution >= 0.6 is 0 Å². The third-order valence-electron chi connectivity index (χ3n) is 2.95. The minimum absolute atomic E-state index is 0.185. The average Bonchev–Trinajstić information content (AvgIpc) is 2.45. The van der Waals surface area contributed by atoms with Gasteiger partial charge in [0.15, 0.2) is 0 Å². The van der Waals surface area contributed by atoms with Crippen LogP contribution in [0.1, 0.15) is 37.0 Å². The molecular weight excluding hydrogens is 319 g/mol. The van der Waals surface area contributed by atoms with E-state index in [0.29, 0.717) is 12.8 Å². The summed E-state index contributed by atoms with van der Waals surface area (Å²) in [5.41, 5.74) is -0.841. The van der Waals surface area contributed by atoms with Crippen LogP contribution in [0.3, 0.4) is 0 Å². The zero-order valence-corrected chi connectivity index (χ0v) is 13.2. The van der Waals surface area contributed by atoms with Gasteiger partial charge in [-0.1, -0.05) is 26.0 Å². The molecule has 1 aromatic carbocycles. The molecule has 0 radical (unpaired) electrons. The number of carbonyl (C=O) groups is 1. The van der Waals surface area contributed by atoms with E-state index in [1.54, 1.807) is 13.8 Å². The SMILES string of the molecule is CCCN(CCC)S(=O)(=O)c1ccccc1C(=O)C(F)(F)F. The predicted molar refractivity (Wildman–Crippen MR) is 76.2 cm³/mol. The lowest BCUT2D eigenvalue weighted by molar-refractivity contribution is -0.0887. The Kier molecular flexibility index (Phi) is 6.13. The van der Waals surface area contributed by atoms with E-state index in [2.05, 4.69) is 0 Å². The zero-order chi connectivity index (χ0) is 17.0. The van der Waals surface area contributed by atoms with Crippen molar-refractivity contribution in [2.45, 2.75) is 37.8 Å². The van der Waals surface area contributed by atoms with E-state index < -0.39 is 32.4 Å². The summed E-state index contributed by atoms with van der Waals surface area (Å²) in [6.45, 7) is 3.91. The van der Waals surface area contributed by atoms with Gasteiger partial charge in [-0.15, -0.1) is 0 Å². The standard InChI is InChI=1S/C14H18F3NO3S/c1-3-9-18(10-4-2)22(20,21)12-8-6-5-7-11(12)13(19)14(15,16)17/h5-8H,3-4,9-10H2,1-2H3. The van der Waals surface area contributed by atoms with E-state index in [9.17, 15) is 26.4 Å². The molecule has 0 aliphatic heterocycles. The molecule has 0 saturated heterocycles. The summed E-state index contributed by atoms with van der Waals surface area (Å²) in [7, 11) is -4.15. The van der Waals surface area contributed by atoms with Crippen molar-refractivity contribution in [3.63, 3.8) is 0 Å². The molecule has 0 fully saturated rings. The third-order valence-corrected chi connectivity index (χ3v) is 4.91. The second-order valence-corrected chi connectivity index (χ2v) is 6.63. The third kappa shape index (κ3) is 4.07. The Morgan fingerprint density at radius 3 is 2.05 bits per heavy atom. The molecule has 0 aliphatic carbocycles. The van der Waals surface area contributed by atoms with E-state index >= 15 is 0 Å². The molecule has 0 aliphatic rings. The number of carbonyl (C=O) groups excluding carboxylic acids is 1. The van der Waals surface area contributed by atoms with E-state index in [0.717, 1.165) is 16.4 Å². The summed E-state index contributed by atoms with van der Waals surface area (Å²) in [4.78, 5) is 10.9. The fourth-order valence-electron chi connectivity index (χ4n) is 2.02. The number of hydrogen-bond donors (Lipinski definition) is 0. The number of ketones is 1. The zero-order valence-electron chi connectivity index (χ0n) is 12.4. The Morgan fingerprint density at radius 2 is 1.59 bits per heavy atom. The highest BCUT2D eigenvalue weighted by molar-refractivity contribution is 7.89. The van der Waals surface area contributed by atoms with Crippen molar-refractivity contribution in [2.75, 3.05) is 13.1 Å². The Hall–Kier alpha value is -1.41. The molecule has 0 N–H and O–H groups in total. The molecule has 124 valence electrons. The van der Waals surface area contributed by atoms with Crippen LogP contribution in [0.25, 0.3) is 0 Å². The van der Waals surface area contributed by atoms with E-state index in [1.807, 2.05) is 0 Å². The Morgan fingerprint density at radius 1 is 1.09 bits per heavy atom. The fraction of sp³-hybridized carbons (Fsp3) is 0.500. The van der Waals surface area contributed by atoms with Gasteiger partial charge >= 0.3 is 6.18 Å². The number of Topliss-reactive ketones (excluding diaryl/α,β-unsaturated/α-hetero) is 1. The molecule has 0 amide bonds. The molecule has 0 spiro atoms. The molecule has 22 heavy (non-hydrogen) atoms. The summed E-state index contributed by atoms with van der Waals surface area (Å²) in [5, 5.41) is 0. The lowest BCUT2D eigenvalue weighted by atomic mass is 10.1. The molecule has 0 atom stereocenters. The number of rotatable bonds is 7. The van der Waals surface area contributed by atoms with Crippen LogP contribution in [0.5, 0.6) is 0 Å². The topological polar surface area (TPSA) is 54.5 Å². The lowest BCUT2D eigenvalue weighted by Gasteiger charge is -2.22. The first kappa shape index (κ1) is 18.6. The van der Waals surface area contributed by atoms with E-state index in [-0.39, 0.29) is 13.1 Å². The number of halogens is 3. The highest BCUT2D eigenvalue weighted by Crippen LogP contribution is 2.27. The normalized spacial score (nSPS) is 12.6. The molecule has 4 nitrogen and oxygen atoms in total. The predicted octanol–water partition coefficient (Wildman–Crippen LogP) is 3.24. The fourth-order valence-corrected chi connectivity index (χ4v) is 3.84. The number of benzene rings is 1. The molecule has 0 unspecified atom stereocenters. The van der Waals surface area contributed by atoms with Crippen LogP contribution in [0.4, 0.5) is 13.2 Å². The molecule has 0 heterocycles. The minimum Gasteiger partial charge on any atom is -0.284 e. The summed E-state index contributed by atoms with van der Waals surface area (Å²) in [5.74, 6) is -2.15. The first-order valence-electron chi connectivity index (χ1n) is 6.87. The highest BCUT2D eigenvalue weighted by Gasteiger charge is 2.42. The average molecular weight is 337 g/mol. The van der Waals surface area contributed by atoms with Crippen molar-refractivity contribution < 1.29 is 26.4 Å². The maximum atomic E-state index is 12.6. The molecule has 1 rings (SSSR count). The maximum Gasteiger partial charge on any atom is 0.454 e. The van der Waals surface area contributed by atoms with Crippen LogP contribution < -0.4 is 0 Å². The summed E-state index contributed by atoms with van der Waals surface area (Å²) in [6, 6.07) is 4.43. The van der Waals surface area contributed by atoms with E-state index in [1.165, 1.54) is 12.1 Å². The molecular formula is C14H18F3NO3S. The summed E-state index contributed by atoms with van der Waals surface area (Å²) < 4.78 is 64.2. The number of sulfonamides is 1. The maximum absolute atomic E-state index is 12.6. The van der Waals surface area contributed by atoms with Crippen molar-refractivity contribution in [2.24, 2.45) is 0 Å². The van der Waals surface area contributed by atoms with Crippen molar-refractivity contribution in [3.05, 3.63) is 29.8 Å².